The van der Waals surface area contributed by atoms with E-state index < -0.39 is 0 Å². The summed E-state index contributed by atoms with van der Waals surface area (Å²) in [6, 6.07) is 2.13. The first-order valence-electron chi connectivity index (χ1n) is 8.49. The van der Waals surface area contributed by atoms with Gasteiger partial charge in [0.2, 0.25) is 5.91 Å². The average Bonchev–Trinajstić information content (AvgIpc) is 2.98. The first-order valence-corrected chi connectivity index (χ1v) is 9.30. The monoisotopic (exact) mass is 349 g/mol. The lowest BCUT2D eigenvalue weighted by atomic mass is 10.3. The van der Waals surface area contributed by atoms with Crippen LogP contribution in [0.1, 0.15) is 31.1 Å². The summed E-state index contributed by atoms with van der Waals surface area (Å²) in [5.41, 5.74) is 0. The zero-order valence-corrected chi connectivity index (χ0v) is 15.6. The van der Waals surface area contributed by atoms with Crippen LogP contribution < -0.4 is 10.6 Å². The van der Waals surface area contributed by atoms with Gasteiger partial charge in [0.25, 0.3) is 0 Å². The van der Waals surface area contributed by atoms with Crippen molar-refractivity contribution in [1.82, 2.24) is 20.2 Å². The number of fused-ring (bicyclic) bond motifs is 1. The second kappa shape index (κ2) is 9.54. The topological polar surface area (TPSA) is 70.2 Å². The predicted octanol–water partition coefficient (Wildman–Crippen LogP) is 2.51. The van der Waals surface area contributed by atoms with Crippen molar-refractivity contribution in [2.24, 2.45) is 0 Å². The molecule has 7 heteroatoms. The van der Waals surface area contributed by atoms with Gasteiger partial charge in [0, 0.05) is 24.4 Å². The van der Waals surface area contributed by atoms with Gasteiger partial charge in [-0.05, 0) is 46.0 Å². The third kappa shape index (κ3) is 5.72. The number of amides is 1. The van der Waals surface area contributed by atoms with Crippen molar-refractivity contribution < 1.29 is 4.79 Å². The molecule has 0 aliphatic carbocycles. The highest BCUT2D eigenvalue weighted by atomic mass is 32.1. The molecule has 0 aliphatic rings. The largest absolute Gasteiger partial charge is 0.369 e. The van der Waals surface area contributed by atoms with E-state index in [1.54, 1.807) is 17.7 Å². The summed E-state index contributed by atoms with van der Waals surface area (Å²) in [5, 5.41) is 7.27. The molecule has 2 aromatic heterocycles. The third-order valence-corrected chi connectivity index (χ3v) is 4.92. The van der Waals surface area contributed by atoms with Crippen molar-refractivity contribution in [3.8, 4) is 0 Å². The minimum absolute atomic E-state index is 0.0808. The van der Waals surface area contributed by atoms with Crippen molar-refractivity contribution in [2.45, 2.75) is 32.6 Å². The highest BCUT2D eigenvalue weighted by Crippen LogP contribution is 2.28. The van der Waals surface area contributed by atoms with Gasteiger partial charge in [0.05, 0.1) is 5.39 Å². The molecule has 0 saturated carbocycles. The Balaban J connectivity index is 1.72. The Morgan fingerprint density at radius 3 is 2.83 bits per heavy atom. The second-order valence-corrected chi connectivity index (χ2v) is 7.16. The van der Waals surface area contributed by atoms with E-state index in [-0.39, 0.29) is 5.91 Å². The van der Waals surface area contributed by atoms with E-state index in [9.17, 15) is 4.79 Å². The van der Waals surface area contributed by atoms with Gasteiger partial charge in [0.15, 0.2) is 0 Å². The molecule has 0 aliphatic heterocycles. The fourth-order valence-electron chi connectivity index (χ4n) is 2.38. The quantitative estimate of drug-likeness (QED) is 0.645. The molecule has 2 aromatic rings. The Morgan fingerprint density at radius 2 is 2.08 bits per heavy atom. The molecule has 2 rings (SSSR count). The molecule has 132 valence electrons. The second-order valence-electron chi connectivity index (χ2n) is 6.04. The SMILES string of the molecule is CCc1cc2c(NCCC(=O)NCCCCN(C)C)ncnc2s1. The van der Waals surface area contributed by atoms with Gasteiger partial charge in [-0.15, -0.1) is 11.3 Å². The molecule has 0 atom stereocenters. The molecule has 0 bridgehead atoms. The number of anilines is 1. The number of carbonyl (C=O) groups excluding carboxylic acids is 1. The van der Waals surface area contributed by atoms with Gasteiger partial charge >= 0.3 is 0 Å². The molecule has 0 radical (unpaired) electrons. The fourth-order valence-corrected chi connectivity index (χ4v) is 3.32. The molecule has 24 heavy (non-hydrogen) atoms. The number of nitrogens with zero attached hydrogens (tertiary/aromatic N) is 3. The minimum atomic E-state index is 0.0808. The van der Waals surface area contributed by atoms with E-state index in [0.717, 1.165) is 48.4 Å². The zero-order chi connectivity index (χ0) is 17.4. The normalized spacial score (nSPS) is 11.2. The van der Waals surface area contributed by atoms with Crippen LogP contribution in [0.2, 0.25) is 0 Å². The van der Waals surface area contributed by atoms with Crippen LogP contribution in [0.3, 0.4) is 0 Å². The molecule has 0 fully saturated rings. The van der Waals surface area contributed by atoms with Crippen LogP contribution in [0.5, 0.6) is 0 Å². The predicted molar refractivity (Wildman–Crippen MR) is 101 cm³/mol. The lowest BCUT2D eigenvalue weighted by molar-refractivity contribution is -0.120. The van der Waals surface area contributed by atoms with Crippen molar-refractivity contribution in [2.75, 3.05) is 39.0 Å². The number of rotatable bonds is 10. The van der Waals surface area contributed by atoms with E-state index in [0.29, 0.717) is 13.0 Å². The van der Waals surface area contributed by atoms with Gasteiger partial charge in [-0.1, -0.05) is 6.92 Å². The Kier molecular flexibility index (Phi) is 7.39. The molecular formula is C17H27N5OS. The highest BCUT2D eigenvalue weighted by molar-refractivity contribution is 7.18. The number of thiophene rings is 1. The summed E-state index contributed by atoms with van der Waals surface area (Å²) in [6.07, 6.45) is 5.13. The number of carbonyl (C=O) groups is 1. The molecule has 6 nitrogen and oxygen atoms in total. The van der Waals surface area contributed by atoms with E-state index >= 15 is 0 Å². The number of aryl methyl sites for hydroxylation is 1. The summed E-state index contributed by atoms with van der Waals surface area (Å²) < 4.78 is 0. The Bertz CT molecular complexity index is 655. The standard InChI is InChI=1S/C17H27N5OS/c1-4-13-11-14-16(20-12-21-17(14)24-13)19-9-7-15(23)18-8-5-6-10-22(2)3/h11-12H,4-10H2,1-3H3,(H,18,23)(H,19,20,21). The zero-order valence-electron chi connectivity index (χ0n) is 14.8. The maximum absolute atomic E-state index is 11.9. The molecule has 0 spiro atoms. The average molecular weight is 350 g/mol. The molecule has 0 aromatic carbocycles. The molecule has 1 amide bonds. The van der Waals surface area contributed by atoms with Crippen molar-refractivity contribution in [3.05, 3.63) is 17.3 Å². The smallest absolute Gasteiger partial charge is 0.221 e. The Hall–Kier alpha value is -1.73. The fraction of sp³-hybridized carbons (Fsp3) is 0.588. The Morgan fingerprint density at radius 1 is 1.25 bits per heavy atom. The van der Waals surface area contributed by atoms with E-state index in [2.05, 4.69) is 52.6 Å². The van der Waals surface area contributed by atoms with Crippen molar-refractivity contribution in [1.29, 1.82) is 0 Å². The maximum atomic E-state index is 11.9. The van der Waals surface area contributed by atoms with Crippen LogP contribution >= 0.6 is 11.3 Å². The number of aromatic nitrogens is 2. The summed E-state index contributed by atoms with van der Waals surface area (Å²) in [7, 11) is 4.12. The number of unbranched alkanes of at least 4 members (excludes halogenated alkanes) is 1. The molecular weight excluding hydrogens is 322 g/mol. The molecule has 2 N–H and O–H groups in total. The van der Waals surface area contributed by atoms with Gasteiger partial charge < -0.3 is 15.5 Å². The van der Waals surface area contributed by atoms with Gasteiger partial charge in [-0.3, -0.25) is 4.79 Å². The lowest BCUT2D eigenvalue weighted by Gasteiger charge is -2.10. The summed E-state index contributed by atoms with van der Waals surface area (Å²) in [5.74, 6) is 0.895. The van der Waals surface area contributed by atoms with Crippen LogP contribution in [0, 0.1) is 0 Å². The molecule has 0 unspecified atom stereocenters. The first-order chi connectivity index (χ1) is 11.6. The van der Waals surface area contributed by atoms with E-state index in [4.69, 9.17) is 0 Å². The first kappa shape index (κ1) is 18.6. The highest BCUT2D eigenvalue weighted by Gasteiger charge is 2.08. The van der Waals surface area contributed by atoms with Gasteiger partial charge in [-0.25, -0.2) is 9.97 Å². The van der Waals surface area contributed by atoms with Crippen molar-refractivity contribution in [3.63, 3.8) is 0 Å². The van der Waals surface area contributed by atoms with Crippen molar-refractivity contribution >= 4 is 33.3 Å². The number of hydrogen-bond donors (Lipinski definition) is 2. The lowest BCUT2D eigenvalue weighted by Crippen LogP contribution is -2.27. The summed E-state index contributed by atoms with van der Waals surface area (Å²) in [4.78, 5) is 24.9. The van der Waals surface area contributed by atoms with E-state index in [1.165, 1.54) is 4.88 Å². The third-order valence-electron chi connectivity index (χ3n) is 3.73. The number of nitrogens with one attached hydrogen (secondary N) is 2. The van der Waals surface area contributed by atoms with Crippen LogP contribution in [-0.4, -0.2) is 54.5 Å². The van der Waals surface area contributed by atoms with Crippen LogP contribution in [0.15, 0.2) is 12.4 Å². The van der Waals surface area contributed by atoms with Crippen LogP contribution in [0.25, 0.3) is 10.2 Å². The molecule has 2 heterocycles. The number of hydrogen-bond acceptors (Lipinski definition) is 6. The summed E-state index contributed by atoms with van der Waals surface area (Å²) >= 11 is 1.70. The summed E-state index contributed by atoms with van der Waals surface area (Å²) in [6.45, 7) is 4.51. The minimum Gasteiger partial charge on any atom is -0.369 e. The van der Waals surface area contributed by atoms with Crippen LogP contribution in [0.4, 0.5) is 5.82 Å². The van der Waals surface area contributed by atoms with Gasteiger partial charge in [0.1, 0.15) is 17.0 Å². The molecule has 0 saturated heterocycles. The maximum Gasteiger partial charge on any atom is 0.221 e. The van der Waals surface area contributed by atoms with Crippen LogP contribution in [-0.2, 0) is 11.2 Å². The van der Waals surface area contributed by atoms with Gasteiger partial charge in [-0.2, -0.15) is 0 Å². The Labute approximate surface area is 147 Å². The van der Waals surface area contributed by atoms with E-state index in [1.807, 2.05) is 0 Å².